The van der Waals surface area contributed by atoms with E-state index >= 15 is 0 Å². The van der Waals surface area contributed by atoms with Gasteiger partial charge in [-0.3, -0.25) is 4.79 Å². The van der Waals surface area contributed by atoms with Crippen LogP contribution in [0.25, 0.3) is 11.4 Å². The van der Waals surface area contributed by atoms with Crippen molar-refractivity contribution in [3.05, 3.63) is 41.2 Å². The summed E-state index contributed by atoms with van der Waals surface area (Å²) < 4.78 is 2.22. The number of carbonyl (C=O) groups is 1. The second-order valence-corrected chi connectivity index (χ2v) is 5.04. The number of benzene rings is 1. The predicted molar refractivity (Wildman–Crippen MR) is 75.4 cm³/mol. The summed E-state index contributed by atoms with van der Waals surface area (Å²) in [5, 5.41) is 0. The number of nitrogens with zero attached hydrogens (tertiary/aromatic N) is 2. The SMILES string of the molecule is CCc1ccc(-c2nc(C=O)c3n2CCCC3)cc1. The van der Waals surface area contributed by atoms with E-state index in [1.807, 2.05) is 0 Å². The maximum absolute atomic E-state index is 11.1. The van der Waals surface area contributed by atoms with Gasteiger partial charge in [0.1, 0.15) is 11.5 Å². The smallest absolute Gasteiger partial charge is 0.170 e. The Labute approximate surface area is 113 Å². The number of hydrogen-bond donors (Lipinski definition) is 0. The maximum atomic E-state index is 11.1. The van der Waals surface area contributed by atoms with Crippen LogP contribution in [0.15, 0.2) is 24.3 Å². The molecule has 98 valence electrons. The maximum Gasteiger partial charge on any atom is 0.170 e. The molecule has 0 amide bonds. The Bertz CT molecular complexity index is 596. The van der Waals surface area contributed by atoms with Crippen LogP contribution in [0.5, 0.6) is 0 Å². The average molecular weight is 254 g/mol. The Morgan fingerprint density at radius 2 is 2.05 bits per heavy atom. The van der Waals surface area contributed by atoms with Crippen molar-refractivity contribution in [3.8, 4) is 11.4 Å². The van der Waals surface area contributed by atoms with Gasteiger partial charge < -0.3 is 4.57 Å². The van der Waals surface area contributed by atoms with Crippen molar-refractivity contribution in [2.75, 3.05) is 0 Å². The van der Waals surface area contributed by atoms with Gasteiger partial charge in [-0.25, -0.2) is 4.98 Å². The topological polar surface area (TPSA) is 34.9 Å². The van der Waals surface area contributed by atoms with Crippen molar-refractivity contribution in [1.82, 2.24) is 9.55 Å². The number of aromatic nitrogens is 2. The van der Waals surface area contributed by atoms with Crippen LogP contribution in [0, 0.1) is 0 Å². The van der Waals surface area contributed by atoms with Crippen molar-refractivity contribution in [2.45, 2.75) is 39.2 Å². The van der Waals surface area contributed by atoms with E-state index in [0.717, 1.165) is 49.2 Å². The zero-order chi connectivity index (χ0) is 13.2. The minimum atomic E-state index is 0.620. The Balaban J connectivity index is 2.08. The number of aldehydes is 1. The second-order valence-electron chi connectivity index (χ2n) is 5.04. The van der Waals surface area contributed by atoms with Gasteiger partial charge in [-0.15, -0.1) is 0 Å². The third kappa shape index (κ3) is 2.09. The summed E-state index contributed by atoms with van der Waals surface area (Å²) in [5.74, 6) is 0.944. The minimum absolute atomic E-state index is 0.620. The molecule has 3 nitrogen and oxygen atoms in total. The molecule has 1 aliphatic heterocycles. The molecule has 3 rings (SSSR count). The molecule has 1 aliphatic rings. The molecule has 19 heavy (non-hydrogen) atoms. The molecule has 0 saturated heterocycles. The molecular weight excluding hydrogens is 236 g/mol. The zero-order valence-corrected chi connectivity index (χ0v) is 11.2. The summed E-state index contributed by atoms with van der Waals surface area (Å²) in [6.07, 6.45) is 5.22. The molecule has 0 unspecified atom stereocenters. The van der Waals surface area contributed by atoms with Crippen LogP contribution in [0.2, 0.25) is 0 Å². The van der Waals surface area contributed by atoms with E-state index in [-0.39, 0.29) is 0 Å². The Morgan fingerprint density at radius 3 is 2.74 bits per heavy atom. The van der Waals surface area contributed by atoms with Gasteiger partial charge >= 0.3 is 0 Å². The van der Waals surface area contributed by atoms with Crippen molar-refractivity contribution in [2.24, 2.45) is 0 Å². The number of fused-ring (bicyclic) bond motifs is 1. The lowest BCUT2D eigenvalue weighted by Gasteiger charge is -2.17. The molecule has 0 N–H and O–H groups in total. The van der Waals surface area contributed by atoms with Gasteiger partial charge in [-0.1, -0.05) is 31.2 Å². The minimum Gasteiger partial charge on any atom is -0.327 e. The molecule has 2 heterocycles. The molecule has 1 aromatic heterocycles. The van der Waals surface area contributed by atoms with Gasteiger partial charge in [0.05, 0.1) is 0 Å². The molecular formula is C16H18N2O. The quantitative estimate of drug-likeness (QED) is 0.788. The second kappa shape index (κ2) is 5.00. The van der Waals surface area contributed by atoms with Crippen LogP contribution >= 0.6 is 0 Å². The van der Waals surface area contributed by atoms with Crippen molar-refractivity contribution < 1.29 is 4.79 Å². The Morgan fingerprint density at radius 1 is 1.26 bits per heavy atom. The van der Waals surface area contributed by atoms with Gasteiger partial charge in [0.15, 0.2) is 6.29 Å². The van der Waals surface area contributed by atoms with E-state index < -0.39 is 0 Å². The van der Waals surface area contributed by atoms with Gasteiger partial charge in [0.2, 0.25) is 0 Å². The van der Waals surface area contributed by atoms with E-state index in [0.29, 0.717) is 5.69 Å². The van der Waals surface area contributed by atoms with Crippen molar-refractivity contribution >= 4 is 6.29 Å². The third-order valence-electron chi connectivity index (χ3n) is 3.88. The molecule has 3 heteroatoms. The first-order valence-corrected chi connectivity index (χ1v) is 6.97. The van der Waals surface area contributed by atoms with E-state index in [9.17, 15) is 4.79 Å². The Hall–Kier alpha value is -1.90. The Kier molecular flexibility index (Phi) is 3.20. The van der Waals surface area contributed by atoms with Crippen LogP contribution in [-0.4, -0.2) is 15.8 Å². The molecule has 0 spiro atoms. The molecule has 0 saturated carbocycles. The highest BCUT2D eigenvalue weighted by Gasteiger charge is 2.20. The standard InChI is InChI=1S/C16H18N2O/c1-2-12-6-8-13(9-7-12)16-17-14(11-19)15-5-3-4-10-18(15)16/h6-9,11H,2-5,10H2,1H3. The van der Waals surface area contributed by atoms with E-state index in [1.54, 1.807) is 0 Å². The zero-order valence-electron chi connectivity index (χ0n) is 11.2. The number of imidazole rings is 1. The predicted octanol–water partition coefficient (Wildman–Crippen LogP) is 3.26. The third-order valence-corrected chi connectivity index (χ3v) is 3.88. The highest BCUT2D eigenvalue weighted by molar-refractivity contribution is 5.76. The summed E-state index contributed by atoms with van der Waals surface area (Å²) in [5.41, 5.74) is 4.16. The number of aryl methyl sites for hydroxylation is 1. The van der Waals surface area contributed by atoms with Crippen LogP contribution in [0.3, 0.4) is 0 Å². The summed E-state index contributed by atoms with van der Waals surface area (Å²) in [4.78, 5) is 15.7. The van der Waals surface area contributed by atoms with Gasteiger partial charge in [-0.2, -0.15) is 0 Å². The first-order valence-electron chi connectivity index (χ1n) is 6.97. The van der Waals surface area contributed by atoms with Crippen LogP contribution in [0.1, 0.15) is 41.5 Å². The van der Waals surface area contributed by atoms with Gasteiger partial charge in [-0.05, 0) is 31.2 Å². The number of hydrogen-bond acceptors (Lipinski definition) is 2. The fourth-order valence-corrected chi connectivity index (χ4v) is 2.78. The van der Waals surface area contributed by atoms with Crippen molar-refractivity contribution in [3.63, 3.8) is 0 Å². The molecule has 0 fully saturated rings. The average Bonchev–Trinajstić information content (AvgIpc) is 2.86. The molecule has 2 aromatic rings. The summed E-state index contributed by atoms with van der Waals surface area (Å²) in [6.45, 7) is 3.12. The number of carbonyl (C=O) groups excluding carboxylic acids is 1. The van der Waals surface area contributed by atoms with Crippen LogP contribution in [-0.2, 0) is 19.4 Å². The largest absolute Gasteiger partial charge is 0.327 e. The monoisotopic (exact) mass is 254 g/mol. The fourth-order valence-electron chi connectivity index (χ4n) is 2.78. The lowest BCUT2D eigenvalue weighted by Crippen LogP contribution is -2.11. The van der Waals surface area contributed by atoms with Crippen LogP contribution < -0.4 is 0 Å². The first-order chi connectivity index (χ1) is 9.33. The lowest BCUT2D eigenvalue weighted by atomic mass is 10.1. The van der Waals surface area contributed by atoms with Crippen LogP contribution in [0.4, 0.5) is 0 Å². The molecule has 0 atom stereocenters. The van der Waals surface area contributed by atoms with E-state index in [4.69, 9.17) is 0 Å². The normalized spacial score (nSPS) is 14.2. The van der Waals surface area contributed by atoms with Gasteiger partial charge in [0, 0.05) is 17.8 Å². The highest BCUT2D eigenvalue weighted by atomic mass is 16.1. The molecule has 1 aromatic carbocycles. The summed E-state index contributed by atoms with van der Waals surface area (Å²) in [7, 11) is 0. The molecule has 0 aliphatic carbocycles. The summed E-state index contributed by atoms with van der Waals surface area (Å²) in [6, 6.07) is 8.50. The fraction of sp³-hybridized carbons (Fsp3) is 0.375. The lowest BCUT2D eigenvalue weighted by molar-refractivity contribution is 0.111. The highest BCUT2D eigenvalue weighted by Crippen LogP contribution is 2.27. The van der Waals surface area contributed by atoms with E-state index in [2.05, 4.69) is 40.7 Å². The van der Waals surface area contributed by atoms with E-state index in [1.165, 1.54) is 12.0 Å². The van der Waals surface area contributed by atoms with Crippen molar-refractivity contribution in [1.29, 1.82) is 0 Å². The molecule has 0 bridgehead atoms. The summed E-state index contributed by atoms with van der Waals surface area (Å²) >= 11 is 0. The number of rotatable bonds is 3. The first kappa shape index (κ1) is 12.2. The molecule has 0 radical (unpaired) electrons. The van der Waals surface area contributed by atoms with Gasteiger partial charge in [0.25, 0.3) is 0 Å².